The van der Waals surface area contributed by atoms with Crippen LogP contribution in [-0.4, -0.2) is 72.5 Å². The van der Waals surface area contributed by atoms with Crippen LogP contribution in [0.15, 0.2) is 0 Å². The molecule has 2 unspecified atom stereocenters. The number of hydrogen-bond acceptors (Lipinski definition) is 4. The van der Waals surface area contributed by atoms with Crippen molar-refractivity contribution >= 4 is 0 Å². The number of nitrogens with zero attached hydrogens (tertiary/aromatic N) is 2. The molecule has 0 aliphatic carbocycles. The second-order valence-corrected chi connectivity index (χ2v) is 5.07. The van der Waals surface area contributed by atoms with Crippen molar-refractivity contribution in [2.75, 3.05) is 40.3 Å². The predicted octanol–water partition coefficient (Wildman–Crippen LogP) is 1.42. The van der Waals surface area contributed by atoms with Crippen molar-refractivity contribution in [2.24, 2.45) is 0 Å². The summed E-state index contributed by atoms with van der Waals surface area (Å²) in [4.78, 5) is 4.37. The summed E-state index contributed by atoms with van der Waals surface area (Å²) in [5, 5.41) is 17.7. The minimum Gasteiger partial charge on any atom is -0.393 e. The molecule has 0 aromatic rings. The largest absolute Gasteiger partial charge is 0.393 e. The van der Waals surface area contributed by atoms with Gasteiger partial charge < -0.3 is 20.0 Å². The molecule has 0 bridgehead atoms. The first kappa shape index (κ1) is 24.4. The van der Waals surface area contributed by atoms with Crippen molar-refractivity contribution < 1.29 is 27.0 Å². The Kier molecular flexibility index (Phi) is 21.0. The topological polar surface area (TPSA) is 46.9 Å². The molecule has 0 fully saturated rings. The minimum absolute atomic E-state index is 0. The van der Waals surface area contributed by atoms with Crippen LogP contribution < -0.4 is 0 Å². The summed E-state index contributed by atoms with van der Waals surface area (Å²) >= 11 is 0. The summed E-state index contributed by atoms with van der Waals surface area (Å²) in [7, 11) is 4.12. The fourth-order valence-corrected chi connectivity index (χ4v) is 1.13. The van der Waals surface area contributed by atoms with Crippen LogP contribution in [0.5, 0.6) is 0 Å². The Morgan fingerprint density at radius 3 is 1.21 bits per heavy atom. The quantitative estimate of drug-likeness (QED) is 0.710. The average molecular weight is 321 g/mol. The van der Waals surface area contributed by atoms with Gasteiger partial charge in [0.1, 0.15) is 0 Å². The summed E-state index contributed by atoms with van der Waals surface area (Å²) in [5.41, 5.74) is 0. The predicted molar refractivity (Wildman–Crippen MR) is 78.9 cm³/mol. The van der Waals surface area contributed by atoms with Gasteiger partial charge in [0.25, 0.3) is 0 Å². The second kappa shape index (κ2) is 16.4. The van der Waals surface area contributed by atoms with Crippen LogP contribution in [-0.2, 0) is 16.8 Å². The van der Waals surface area contributed by atoms with E-state index >= 15 is 0 Å². The van der Waals surface area contributed by atoms with E-state index in [2.05, 4.69) is 37.7 Å². The summed E-state index contributed by atoms with van der Waals surface area (Å²) < 4.78 is 0. The number of aliphatic hydroxyl groups is 2. The van der Waals surface area contributed by atoms with Crippen LogP contribution in [0.1, 0.15) is 40.5 Å². The third-order valence-electron chi connectivity index (χ3n) is 2.94. The normalized spacial score (nSPS) is 13.6. The van der Waals surface area contributed by atoms with Gasteiger partial charge in [-0.2, -0.15) is 0 Å². The molecule has 0 rings (SSSR count). The summed E-state index contributed by atoms with van der Waals surface area (Å²) in [6.45, 7) is 12.0. The molecule has 2 atom stereocenters. The first-order valence-corrected chi connectivity index (χ1v) is 7.06. The average Bonchev–Trinajstić information content (AvgIpc) is 2.33. The van der Waals surface area contributed by atoms with Crippen molar-refractivity contribution in [1.29, 1.82) is 0 Å². The molecule has 0 amide bonds. The summed E-state index contributed by atoms with van der Waals surface area (Å²) in [6, 6.07) is 0. The summed E-state index contributed by atoms with van der Waals surface area (Å²) in [5.74, 6) is 0. The zero-order chi connectivity index (χ0) is 14.6. The van der Waals surface area contributed by atoms with Crippen LogP contribution in [0.3, 0.4) is 0 Å². The van der Waals surface area contributed by atoms with Crippen LogP contribution in [0.25, 0.3) is 0 Å². The molecular formula is C14H34CoN2O2. The zero-order valence-electron chi connectivity index (χ0n) is 13.5. The van der Waals surface area contributed by atoms with Gasteiger partial charge >= 0.3 is 0 Å². The van der Waals surface area contributed by atoms with E-state index in [1.807, 2.05) is 13.8 Å². The first-order chi connectivity index (χ1) is 8.33. The van der Waals surface area contributed by atoms with E-state index in [-0.39, 0.29) is 29.0 Å². The number of rotatable bonds is 8. The molecule has 0 saturated heterocycles. The SMILES string of the molecule is CCN(C)CCC(C)O.CCN(C)CCC(C)O.[Co]. The van der Waals surface area contributed by atoms with Crippen molar-refractivity contribution in [1.82, 2.24) is 9.80 Å². The third kappa shape index (κ3) is 23.8. The van der Waals surface area contributed by atoms with Crippen LogP contribution in [0.2, 0.25) is 0 Å². The fraction of sp³-hybridized carbons (Fsp3) is 1.00. The smallest absolute Gasteiger partial charge is 0.0524 e. The first-order valence-electron chi connectivity index (χ1n) is 7.06. The van der Waals surface area contributed by atoms with Gasteiger partial charge in [0.2, 0.25) is 0 Å². The Morgan fingerprint density at radius 1 is 0.789 bits per heavy atom. The minimum atomic E-state index is -0.154. The molecule has 0 aliphatic heterocycles. The summed E-state index contributed by atoms with van der Waals surface area (Å²) in [6.07, 6.45) is 1.45. The van der Waals surface area contributed by atoms with Gasteiger partial charge in [-0.05, 0) is 53.9 Å². The van der Waals surface area contributed by atoms with Crippen molar-refractivity contribution in [3.8, 4) is 0 Å². The maximum absolute atomic E-state index is 8.87. The Bertz CT molecular complexity index is 152. The van der Waals surface area contributed by atoms with Crippen molar-refractivity contribution in [2.45, 2.75) is 52.7 Å². The Labute approximate surface area is 130 Å². The maximum atomic E-state index is 8.87. The van der Waals surface area contributed by atoms with E-state index in [4.69, 9.17) is 10.2 Å². The van der Waals surface area contributed by atoms with E-state index < -0.39 is 0 Å². The number of hydrogen-bond donors (Lipinski definition) is 2. The molecule has 2 N–H and O–H groups in total. The van der Waals surface area contributed by atoms with E-state index in [1.54, 1.807) is 0 Å². The van der Waals surface area contributed by atoms with Gasteiger partial charge in [0.15, 0.2) is 0 Å². The van der Waals surface area contributed by atoms with Crippen molar-refractivity contribution in [3.05, 3.63) is 0 Å². The Balaban J connectivity index is -0.000000256. The van der Waals surface area contributed by atoms with Gasteiger partial charge in [0.05, 0.1) is 12.2 Å². The molecule has 19 heavy (non-hydrogen) atoms. The molecule has 5 heteroatoms. The molecule has 4 nitrogen and oxygen atoms in total. The van der Waals surface area contributed by atoms with Crippen LogP contribution in [0, 0.1) is 0 Å². The molecule has 0 spiro atoms. The van der Waals surface area contributed by atoms with Gasteiger partial charge in [-0.3, -0.25) is 0 Å². The fourth-order valence-electron chi connectivity index (χ4n) is 1.13. The zero-order valence-corrected chi connectivity index (χ0v) is 14.6. The number of aliphatic hydroxyl groups excluding tert-OH is 2. The molecule has 121 valence electrons. The molecule has 0 aliphatic rings. The van der Waals surface area contributed by atoms with Gasteiger partial charge in [-0.1, -0.05) is 13.8 Å². The molecule has 0 aromatic carbocycles. The maximum Gasteiger partial charge on any atom is 0.0524 e. The monoisotopic (exact) mass is 321 g/mol. The van der Waals surface area contributed by atoms with Gasteiger partial charge in [0, 0.05) is 29.9 Å². The molecule has 0 aromatic heterocycles. The molecular weight excluding hydrogens is 287 g/mol. The van der Waals surface area contributed by atoms with Crippen LogP contribution in [0.4, 0.5) is 0 Å². The molecule has 0 heterocycles. The Hall–Kier alpha value is 0.346. The second-order valence-electron chi connectivity index (χ2n) is 5.07. The van der Waals surface area contributed by atoms with E-state index in [9.17, 15) is 0 Å². The Morgan fingerprint density at radius 2 is 1.05 bits per heavy atom. The van der Waals surface area contributed by atoms with E-state index in [1.165, 1.54) is 0 Å². The molecule has 1 radical (unpaired) electrons. The van der Waals surface area contributed by atoms with Crippen LogP contribution >= 0.6 is 0 Å². The molecule has 0 saturated carbocycles. The van der Waals surface area contributed by atoms with E-state index in [0.717, 1.165) is 39.0 Å². The van der Waals surface area contributed by atoms with E-state index in [0.29, 0.717) is 0 Å². The third-order valence-corrected chi connectivity index (χ3v) is 2.94. The standard InChI is InChI=1S/2C7H17NO.Co/c2*1-4-8(3)6-5-7(2)9;/h2*7,9H,4-6H2,1-3H3;. The van der Waals surface area contributed by atoms with Gasteiger partial charge in [-0.25, -0.2) is 0 Å². The van der Waals surface area contributed by atoms with Gasteiger partial charge in [-0.15, -0.1) is 0 Å². The van der Waals surface area contributed by atoms with Crippen molar-refractivity contribution in [3.63, 3.8) is 0 Å².